The number of amides is 2. The van der Waals surface area contributed by atoms with E-state index in [0.29, 0.717) is 11.6 Å². The van der Waals surface area contributed by atoms with E-state index in [-0.39, 0.29) is 13.2 Å². The molecule has 0 spiro atoms. The number of aromatic nitrogens is 4. The molecular weight excluding hydrogens is 348 g/mol. The normalized spacial score (nSPS) is 10.3. The van der Waals surface area contributed by atoms with Crippen LogP contribution >= 0.6 is 0 Å². The van der Waals surface area contributed by atoms with Gasteiger partial charge >= 0.3 is 6.09 Å². The molecule has 0 saturated heterocycles. The average molecular weight is 366 g/mol. The lowest BCUT2D eigenvalue weighted by atomic mass is 10.2. The summed E-state index contributed by atoms with van der Waals surface area (Å²) in [5, 5.41) is 4.99. The summed E-state index contributed by atoms with van der Waals surface area (Å²) >= 11 is 0. The van der Waals surface area contributed by atoms with E-state index in [0.717, 1.165) is 11.4 Å². The zero-order chi connectivity index (χ0) is 19.1. The molecule has 0 aliphatic rings. The van der Waals surface area contributed by atoms with Crippen LogP contribution in [0.25, 0.3) is 5.95 Å². The maximum Gasteiger partial charge on any atom is 0.407 e. The van der Waals surface area contributed by atoms with Crippen molar-refractivity contribution < 1.29 is 14.3 Å². The minimum atomic E-state index is -0.670. The van der Waals surface area contributed by atoms with E-state index in [4.69, 9.17) is 4.74 Å². The lowest BCUT2D eigenvalue weighted by molar-refractivity contribution is -0.115. The molecule has 0 aliphatic carbocycles. The highest BCUT2D eigenvalue weighted by Gasteiger charge is 2.08. The van der Waals surface area contributed by atoms with E-state index in [2.05, 4.69) is 25.6 Å². The lowest BCUT2D eigenvalue weighted by Gasteiger charge is -2.08. The second kappa shape index (κ2) is 8.56. The number of hydrogen-bond acceptors (Lipinski definition) is 6. The Hall–Kier alpha value is -3.75. The highest BCUT2D eigenvalue weighted by molar-refractivity contribution is 5.93. The standard InChI is InChI=1S/C18H18N6O3/c1-13-19-7-8-24(13)17-20-9-15(10-21-17)23-16(25)11-22-18(26)27-12-14-5-3-2-4-6-14/h2-10H,11-12H2,1H3,(H,22,26)(H,23,25). The van der Waals surface area contributed by atoms with Gasteiger partial charge in [-0.15, -0.1) is 0 Å². The van der Waals surface area contributed by atoms with Crippen LogP contribution < -0.4 is 10.6 Å². The van der Waals surface area contributed by atoms with Gasteiger partial charge < -0.3 is 15.4 Å². The van der Waals surface area contributed by atoms with Crippen molar-refractivity contribution in [3.63, 3.8) is 0 Å². The summed E-state index contributed by atoms with van der Waals surface area (Å²) in [5.41, 5.74) is 1.28. The van der Waals surface area contributed by atoms with Gasteiger partial charge in [0.25, 0.3) is 0 Å². The zero-order valence-corrected chi connectivity index (χ0v) is 14.6. The van der Waals surface area contributed by atoms with Gasteiger partial charge in [-0.1, -0.05) is 30.3 Å². The molecule has 3 rings (SSSR count). The number of carbonyl (C=O) groups is 2. The fourth-order valence-corrected chi connectivity index (χ4v) is 2.23. The molecule has 3 aromatic rings. The van der Waals surface area contributed by atoms with Crippen LogP contribution in [0, 0.1) is 6.92 Å². The molecule has 0 fully saturated rings. The maximum atomic E-state index is 11.9. The van der Waals surface area contributed by atoms with Gasteiger partial charge in [0.05, 0.1) is 18.1 Å². The smallest absolute Gasteiger partial charge is 0.407 e. The quantitative estimate of drug-likeness (QED) is 0.689. The van der Waals surface area contributed by atoms with E-state index < -0.39 is 12.0 Å². The number of ether oxygens (including phenoxy) is 1. The monoisotopic (exact) mass is 366 g/mol. The third kappa shape index (κ3) is 5.11. The highest BCUT2D eigenvalue weighted by Crippen LogP contribution is 2.08. The van der Waals surface area contributed by atoms with Gasteiger partial charge in [-0.25, -0.2) is 19.7 Å². The number of hydrogen-bond donors (Lipinski definition) is 2. The first-order valence-electron chi connectivity index (χ1n) is 8.18. The van der Waals surface area contributed by atoms with Crippen molar-refractivity contribution in [2.75, 3.05) is 11.9 Å². The third-order valence-electron chi connectivity index (χ3n) is 3.57. The molecule has 0 radical (unpaired) electrons. The molecule has 9 nitrogen and oxygen atoms in total. The topological polar surface area (TPSA) is 111 Å². The van der Waals surface area contributed by atoms with Gasteiger partial charge in [0, 0.05) is 12.4 Å². The summed E-state index contributed by atoms with van der Waals surface area (Å²) in [5.74, 6) is 0.789. The molecular formula is C18H18N6O3. The Morgan fingerprint density at radius 1 is 1.11 bits per heavy atom. The largest absolute Gasteiger partial charge is 0.445 e. The van der Waals surface area contributed by atoms with Crippen molar-refractivity contribution in [3.8, 4) is 5.95 Å². The molecule has 0 unspecified atom stereocenters. The SMILES string of the molecule is Cc1nccn1-c1ncc(NC(=O)CNC(=O)OCc2ccccc2)cn1. The molecule has 0 aliphatic heterocycles. The summed E-state index contributed by atoms with van der Waals surface area (Å²) in [4.78, 5) is 36.0. The minimum Gasteiger partial charge on any atom is -0.445 e. The number of nitrogens with one attached hydrogen (secondary N) is 2. The predicted molar refractivity (Wildman–Crippen MR) is 97.2 cm³/mol. The average Bonchev–Trinajstić information content (AvgIpc) is 3.12. The Bertz CT molecular complexity index is 908. The van der Waals surface area contributed by atoms with Crippen molar-refractivity contribution in [2.24, 2.45) is 0 Å². The van der Waals surface area contributed by atoms with Gasteiger partial charge in [-0.2, -0.15) is 0 Å². The number of carbonyl (C=O) groups excluding carboxylic acids is 2. The summed E-state index contributed by atoms with van der Waals surface area (Å²) in [6.07, 6.45) is 5.68. The Labute approximate surface area is 155 Å². The second-order valence-corrected chi connectivity index (χ2v) is 5.58. The van der Waals surface area contributed by atoms with Crippen molar-refractivity contribution in [1.82, 2.24) is 24.8 Å². The van der Waals surface area contributed by atoms with Gasteiger partial charge in [0.2, 0.25) is 11.9 Å². The highest BCUT2D eigenvalue weighted by atomic mass is 16.5. The molecule has 2 amide bonds. The Balaban J connectivity index is 1.44. The summed E-state index contributed by atoms with van der Waals surface area (Å²) < 4.78 is 6.75. The summed E-state index contributed by atoms with van der Waals surface area (Å²) in [6, 6.07) is 9.27. The molecule has 27 heavy (non-hydrogen) atoms. The predicted octanol–water partition coefficient (Wildman–Crippen LogP) is 1.84. The maximum absolute atomic E-state index is 11.9. The number of imidazole rings is 1. The second-order valence-electron chi connectivity index (χ2n) is 5.58. The fourth-order valence-electron chi connectivity index (χ4n) is 2.23. The van der Waals surface area contributed by atoms with E-state index in [1.807, 2.05) is 37.3 Å². The number of anilines is 1. The number of aryl methyl sites for hydroxylation is 1. The van der Waals surface area contributed by atoms with Gasteiger partial charge in [-0.3, -0.25) is 9.36 Å². The van der Waals surface area contributed by atoms with E-state index in [1.165, 1.54) is 12.4 Å². The van der Waals surface area contributed by atoms with Crippen molar-refractivity contribution >= 4 is 17.7 Å². The van der Waals surface area contributed by atoms with Crippen LogP contribution in [0.1, 0.15) is 11.4 Å². The summed E-state index contributed by atoms with van der Waals surface area (Å²) in [6.45, 7) is 1.74. The van der Waals surface area contributed by atoms with Crippen LogP contribution in [0.5, 0.6) is 0 Å². The Morgan fingerprint density at radius 3 is 2.52 bits per heavy atom. The van der Waals surface area contributed by atoms with E-state index in [9.17, 15) is 9.59 Å². The molecule has 1 aromatic carbocycles. The summed E-state index contributed by atoms with van der Waals surface area (Å²) in [7, 11) is 0. The van der Waals surface area contributed by atoms with Crippen LogP contribution in [0.4, 0.5) is 10.5 Å². The zero-order valence-electron chi connectivity index (χ0n) is 14.6. The van der Waals surface area contributed by atoms with Gasteiger partial charge in [-0.05, 0) is 12.5 Å². The molecule has 2 aromatic heterocycles. The molecule has 9 heteroatoms. The molecule has 2 N–H and O–H groups in total. The van der Waals surface area contributed by atoms with Crippen LogP contribution in [-0.2, 0) is 16.1 Å². The molecule has 0 bridgehead atoms. The molecule has 138 valence electrons. The van der Waals surface area contributed by atoms with E-state index >= 15 is 0 Å². The van der Waals surface area contributed by atoms with Crippen molar-refractivity contribution in [1.29, 1.82) is 0 Å². The first kappa shape index (κ1) is 18.1. The van der Waals surface area contributed by atoms with Gasteiger partial charge in [0.1, 0.15) is 19.0 Å². The number of nitrogens with zero attached hydrogens (tertiary/aromatic N) is 4. The molecule has 0 saturated carbocycles. The fraction of sp³-hybridized carbons (Fsp3) is 0.167. The Kier molecular flexibility index (Phi) is 5.73. The van der Waals surface area contributed by atoms with Crippen LogP contribution in [0.3, 0.4) is 0 Å². The van der Waals surface area contributed by atoms with Crippen molar-refractivity contribution in [3.05, 3.63) is 66.5 Å². The number of rotatable bonds is 6. The number of benzene rings is 1. The first-order chi connectivity index (χ1) is 13.1. The minimum absolute atomic E-state index is 0.136. The van der Waals surface area contributed by atoms with Crippen molar-refractivity contribution in [2.45, 2.75) is 13.5 Å². The van der Waals surface area contributed by atoms with Crippen LogP contribution in [0.2, 0.25) is 0 Å². The Morgan fingerprint density at radius 2 is 1.85 bits per heavy atom. The van der Waals surface area contributed by atoms with Crippen LogP contribution in [-0.4, -0.2) is 38.1 Å². The molecule has 2 heterocycles. The third-order valence-corrected chi connectivity index (χ3v) is 3.57. The van der Waals surface area contributed by atoms with Crippen LogP contribution in [0.15, 0.2) is 55.1 Å². The molecule has 0 atom stereocenters. The van der Waals surface area contributed by atoms with E-state index in [1.54, 1.807) is 17.0 Å². The number of alkyl carbamates (subject to hydrolysis) is 1. The van der Waals surface area contributed by atoms with Gasteiger partial charge in [0.15, 0.2) is 0 Å². The first-order valence-corrected chi connectivity index (χ1v) is 8.18. The lowest BCUT2D eigenvalue weighted by Crippen LogP contribution is -2.33.